The summed E-state index contributed by atoms with van der Waals surface area (Å²) in [4.78, 5) is 25.8. The summed E-state index contributed by atoms with van der Waals surface area (Å²) in [5.74, 6) is -1.13. The van der Waals surface area contributed by atoms with Gasteiger partial charge in [0.15, 0.2) is 0 Å². The number of hydrogen-bond donors (Lipinski definition) is 1. The molecular formula is C29H31N3O5S. The van der Waals surface area contributed by atoms with Crippen LogP contribution in [0.4, 0.5) is 5.69 Å². The number of anilines is 1. The van der Waals surface area contributed by atoms with Crippen LogP contribution in [0.5, 0.6) is 0 Å². The number of nitrogens with zero attached hydrogens (tertiary/aromatic N) is 2. The summed E-state index contributed by atoms with van der Waals surface area (Å²) in [5.41, 5.74) is 2.76. The highest BCUT2D eigenvalue weighted by Crippen LogP contribution is 2.30. The van der Waals surface area contributed by atoms with Crippen LogP contribution < -0.4 is 5.32 Å². The lowest BCUT2D eigenvalue weighted by atomic mass is 9.96. The molecule has 0 unspecified atom stereocenters. The van der Waals surface area contributed by atoms with Crippen molar-refractivity contribution in [3.8, 4) is 0 Å². The molecule has 3 aromatic carbocycles. The summed E-state index contributed by atoms with van der Waals surface area (Å²) in [7, 11) is -3.69. The second-order valence-corrected chi connectivity index (χ2v) is 10.7. The van der Waals surface area contributed by atoms with E-state index >= 15 is 0 Å². The standard InChI is InChI=1S/C29H31N3O5S/c1-2-37-28(34)18-17-27(33)30-25-13-15-26(16-14-25)38(35,36)32-21-19-31(20-22-32)29(23-9-5-3-6-10-23)24-11-7-4-8-12-24/h3-18,29H,2,19-22H2,1H3,(H,30,33)/b18-17+. The number of carbonyl (C=O) groups is 2. The van der Waals surface area contributed by atoms with Gasteiger partial charge in [-0.1, -0.05) is 60.7 Å². The molecule has 1 amide bonds. The number of benzene rings is 3. The van der Waals surface area contributed by atoms with Gasteiger partial charge in [-0.3, -0.25) is 9.69 Å². The Hall–Kier alpha value is -3.79. The molecule has 198 valence electrons. The molecule has 0 bridgehead atoms. The van der Waals surface area contributed by atoms with Gasteiger partial charge in [0.25, 0.3) is 0 Å². The molecule has 38 heavy (non-hydrogen) atoms. The molecule has 3 aromatic rings. The molecule has 9 heteroatoms. The Labute approximate surface area is 223 Å². The number of esters is 1. The minimum Gasteiger partial charge on any atom is -0.463 e. The zero-order valence-corrected chi connectivity index (χ0v) is 22.0. The summed E-state index contributed by atoms with van der Waals surface area (Å²) in [6.07, 6.45) is 2.11. The third-order valence-electron chi connectivity index (χ3n) is 6.29. The van der Waals surface area contributed by atoms with E-state index in [0.29, 0.717) is 31.9 Å². The highest BCUT2D eigenvalue weighted by atomic mass is 32.2. The van der Waals surface area contributed by atoms with Crippen molar-refractivity contribution in [2.24, 2.45) is 0 Å². The smallest absolute Gasteiger partial charge is 0.330 e. The summed E-state index contributed by atoms with van der Waals surface area (Å²) < 4.78 is 32.9. The minimum atomic E-state index is -3.69. The van der Waals surface area contributed by atoms with E-state index in [4.69, 9.17) is 4.74 Å². The number of ether oxygens (including phenoxy) is 1. The van der Waals surface area contributed by atoms with Crippen molar-refractivity contribution in [2.45, 2.75) is 17.9 Å². The largest absolute Gasteiger partial charge is 0.463 e. The van der Waals surface area contributed by atoms with E-state index in [9.17, 15) is 18.0 Å². The molecule has 0 aromatic heterocycles. The molecule has 8 nitrogen and oxygen atoms in total. The lowest BCUT2D eigenvalue weighted by molar-refractivity contribution is -0.137. The minimum absolute atomic E-state index is 0.0445. The fourth-order valence-electron chi connectivity index (χ4n) is 4.46. The van der Waals surface area contributed by atoms with Gasteiger partial charge in [-0.2, -0.15) is 4.31 Å². The number of carbonyl (C=O) groups excluding carboxylic acids is 2. The molecular weight excluding hydrogens is 502 g/mol. The molecule has 1 saturated heterocycles. The van der Waals surface area contributed by atoms with Crippen molar-refractivity contribution in [1.29, 1.82) is 0 Å². The first-order valence-corrected chi connectivity index (χ1v) is 13.9. The number of sulfonamides is 1. The number of rotatable bonds is 9. The second-order valence-electron chi connectivity index (χ2n) is 8.76. The quantitative estimate of drug-likeness (QED) is 0.332. The fraction of sp³-hybridized carbons (Fsp3) is 0.241. The molecule has 1 aliphatic heterocycles. The lowest BCUT2D eigenvalue weighted by Gasteiger charge is -2.39. The van der Waals surface area contributed by atoms with E-state index in [1.54, 1.807) is 6.92 Å². The maximum absolute atomic E-state index is 13.3. The third-order valence-corrected chi connectivity index (χ3v) is 8.20. The van der Waals surface area contributed by atoms with Crippen LogP contribution >= 0.6 is 0 Å². The van der Waals surface area contributed by atoms with Gasteiger partial charge in [-0.25, -0.2) is 13.2 Å². The van der Waals surface area contributed by atoms with Gasteiger partial charge in [-0.15, -0.1) is 0 Å². The van der Waals surface area contributed by atoms with Crippen molar-refractivity contribution in [3.05, 3.63) is 108 Å². The highest BCUT2D eigenvalue weighted by molar-refractivity contribution is 7.89. The predicted molar refractivity (Wildman–Crippen MR) is 146 cm³/mol. The van der Waals surface area contributed by atoms with Crippen LogP contribution in [0.2, 0.25) is 0 Å². The lowest BCUT2D eigenvalue weighted by Crippen LogP contribution is -2.49. The van der Waals surface area contributed by atoms with Crippen LogP contribution in [0, 0.1) is 0 Å². The fourth-order valence-corrected chi connectivity index (χ4v) is 5.89. The van der Waals surface area contributed by atoms with Gasteiger partial charge >= 0.3 is 5.97 Å². The molecule has 1 heterocycles. The van der Waals surface area contributed by atoms with E-state index in [0.717, 1.165) is 12.2 Å². The van der Waals surface area contributed by atoms with Crippen molar-refractivity contribution < 1.29 is 22.7 Å². The first-order chi connectivity index (χ1) is 18.4. The SMILES string of the molecule is CCOC(=O)/C=C/C(=O)Nc1ccc(S(=O)(=O)N2CCN(C(c3ccccc3)c3ccccc3)CC2)cc1. The highest BCUT2D eigenvalue weighted by Gasteiger charge is 2.32. The Kier molecular flexibility index (Phi) is 9.06. The Morgan fingerprint density at radius 2 is 1.39 bits per heavy atom. The summed E-state index contributed by atoms with van der Waals surface area (Å²) in [5, 5.41) is 2.60. The Balaban J connectivity index is 1.41. The number of piperazine rings is 1. The van der Waals surface area contributed by atoms with Gasteiger partial charge in [0.05, 0.1) is 17.5 Å². The van der Waals surface area contributed by atoms with Crippen molar-refractivity contribution in [3.63, 3.8) is 0 Å². The van der Waals surface area contributed by atoms with Gasteiger partial charge in [0.1, 0.15) is 0 Å². The van der Waals surface area contributed by atoms with E-state index in [1.807, 2.05) is 36.4 Å². The first-order valence-electron chi connectivity index (χ1n) is 12.5. The maximum atomic E-state index is 13.3. The molecule has 0 saturated carbocycles. The number of hydrogen-bond acceptors (Lipinski definition) is 6. The molecule has 0 aliphatic carbocycles. The van der Waals surface area contributed by atoms with Crippen LogP contribution in [0.25, 0.3) is 0 Å². The molecule has 1 N–H and O–H groups in total. The van der Waals surface area contributed by atoms with Crippen molar-refractivity contribution in [2.75, 3.05) is 38.1 Å². The van der Waals surface area contributed by atoms with E-state index in [-0.39, 0.29) is 17.5 Å². The topological polar surface area (TPSA) is 96.0 Å². The Morgan fingerprint density at radius 3 is 1.92 bits per heavy atom. The van der Waals surface area contributed by atoms with Crippen molar-refractivity contribution in [1.82, 2.24) is 9.21 Å². The Morgan fingerprint density at radius 1 is 0.842 bits per heavy atom. The Bertz CT molecular complexity index is 1310. The van der Waals surface area contributed by atoms with E-state index < -0.39 is 21.9 Å². The average Bonchev–Trinajstić information content (AvgIpc) is 2.94. The number of amides is 1. The van der Waals surface area contributed by atoms with Crippen LogP contribution in [0.1, 0.15) is 24.1 Å². The van der Waals surface area contributed by atoms with Crippen LogP contribution in [0.15, 0.2) is 102 Å². The second kappa shape index (κ2) is 12.6. The van der Waals surface area contributed by atoms with Gasteiger partial charge in [-0.05, 0) is 42.3 Å². The van der Waals surface area contributed by atoms with E-state index in [1.165, 1.54) is 39.7 Å². The zero-order chi connectivity index (χ0) is 27.0. The first kappa shape index (κ1) is 27.3. The predicted octanol–water partition coefficient (Wildman–Crippen LogP) is 3.84. The summed E-state index contributed by atoms with van der Waals surface area (Å²) in [6, 6.07) is 26.5. The van der Waals surface area contributed by atoms with Crippen LogP contribution in [0.3, 0.4) is 0 Å². The van der Waals surface area contributed by atoms with E-state index in [2.05, 4.69) is 34.5 Å². The molecule has 0 atom stereocenters. The van der Waals surface area contributed by atoms with Crippen LogP contribution in [-0.4, -0.2) is 62.3 Å². The zero-order valence-electron chi connectivity index (χ0n) is 21.2. The third kappa shape index (κ3) is 6.74. The van der Waals surface area contributed by atoms with Crippen molar-refractivity contribution >= 4 is 27.6 Å². The number of nitrogens with one attached hydrogen (secondary N) is 1. The van der Waals surface area contributed by atoms with Gasteiger partial charge in [0, 0.05) is 44.0 Å². The molecule has 1 fully saturated rings. The summed E-state index contributed by atoms with van der Waals surface area (Å²) >= 11 is 0. The summed E-state index contributed by atoms with van der Waals surface area (Å²) in [6.45, 7) is 3.82. The van der Waals surface area contributed by atoms with Gasteiger partial charge < -0.3 is 10.1 Å². The van der Waals surface area contributed by atoms with Crippen LogP contribution in [-0.2, 0) is 24.3 Å². The monoisotopic (exact) mass is 533 g/mol. The maximum Gasteiger partial charge on any atom is 0.330 e. The average molecular weight is 534 g/mol. The molecule has 4 rings (SSSR count). The molecule has 0 radical (unpaired) electrons. The molecule has 1 aliphatic rings. The molecule has 0 spiro atoms. The van der Waals surface area contributed by atoms with Gasteiger partial charge in [0.2, 0.25) is 15.9 Å². The normalized spacial score (nSPS) is 15.0.